The Hall–Kier alpha value is -4.91. The number of carbonyl (C=O) groups excluding carboxylic acids is 5. The molecule has 1 spiro atoms. The Morgan fingerprint density at radius 3 is 2.58 bits per heavy atom. The van der Waals surface area contributed by atoms with Gasteiger partial charge in [0.1, 0.15) is 17.8 Å². The van der Waals surface area contributed by atoms with Crippen LogP contribution in [0.25, 0.3) is 10.9 Å². The fraction of sp³-hybridized carbons (Fsp3) is 0.535. The van der Waals surface area contributed by atoms with E-state index in [4.69, 9.17) is 21.2 Å². The molecule has 306 valence electrons. The predicted molar refractivity (Wildman–Crippen MR) is 218 cm³/mol. The van der Waals surface area contributed by atoms with E-state index in [-0.39, 0.29) is 43.7 Å². The quantitative estimate of drug-likeness (QED) is 0.136. The largest absolute Gasteiger partial charge is 0.497 e. The molecule has 13 nitrogen and oxygen atoms in total. The van der Waals surface area contributed by atoms with Crippen LogP contribution in [-0.4, -0.2) is 88.9 Å². The fourth-order valence-electron chi connectivity index (χ4n) is 8.40. The molecule has 1 aromatic heterocycles. The summed E-state index contributed by atoms with van der Waals surface area (Å²) in [6.07, 6.45) is 9.17. The maximum atomic E-state index is 14.5. The zero-order valence-electron chi connectivity index (χ0n) is 33.3. The van der Waals surface area contributed by atoms with Gasteiger partial charge in [-0.15, -0.1) is 0 Å². The van der Waals surface area contributed by atoms with Crippen molar-refractivity contribution in [2.75, 3.05) is 20.2 Å². The third-order valence-corrected chi connectivity index (χ3v) is 11.8. The number of ketones is 1. The predicted octanol–water partition coefficient (Wildman–Crippen LogP) is 5.62. The number of rotatable bonds is 16. The molecule has 0 bridgehead atoms. The normalized spacial score (nSPS) is 20.6. The second-order valence-corrected chi connectivity index (χ2v) is 16.6. The second kappa shape index (κ2) is 18.6. The van der Waals surface area contributed by atoms with Gasteiger partial charge in [0, 0.05) is 53.5 Å². The molecule has 1 saturated heterocycles. The van der Waals surface area contributed by atoms with E-state index in [1.807, 2.05) is 57.3 Å². The summed E-state index contributed by atoms with van der Waals surface area (Å²) in [5.41, 5.74) is 2.25. The standard InChI is InChI=1S/C43H55ClN6O7/c1-5-10-34(39(52)41(54)45-18-17-29-24-46-33-16-15-31(56-4)21-32(29)33)47-40(53)36-23-43(22-35(49-57-43)28-13-9-14-30(44)20-28)25-50(36)42(55)38(26(2)3)48-37(51)19-27-11-7-6-8-12-27/h9,13-16,20-21,24,26-27,34,36,38,46H,5-8,10-12,17-19,22-23,25H2,1-4H3,(H,45,54)(H,47,53)(H,48,51)/t34-,36-,38-,43+/m0/s1. The van der Waals surface area contributed by atoms with E-state index in [9.17, 15) is 24.0 Å². The maximum absolute atomic E-state index is 14.5. The number of oxime groups is 1. The van der Waals surface area contributed by atoms with Crippen molar-refractivity contribution in [3.63, 3.8) is 0 Å². The zero-order chi connectivity index (χ0) is 40.7. The number of methoxy groups -OCH3 is 1. The smallest absolute Gasteiger partial charge is 0.289 e. The molecular formula is C43H55ClN6O7. The molecule has 2 aromatic carbocycles. The lowest BCUT2D eigenvalue weighted by atomic mass is 9.86. The Bertz CT molecular complexity index is 1990. The van der Waals surface area contributed by atoms with E-state index in [1.165, 1.54) is 11.3 Å². The van der Waals surface area contributed by atoms with Crippen LogP contribution in [0.5, 0.6) is 5.75 Å². The van der Waals surface area contributed by atoms with Gasteiger partial charge in [-0.05, 0) is 73.4 Å². The van der Waals surface area contributed by atoms with Crippen LogP contribution < -0.4 is 20.7 Å². The van der Waals surface area contributed by atoms with E-state index >= 15 is 0 Å². The molecule has 2 fully saturated rings. The average molecular weight is 803 g/mol. The van der Waals surface area contributed by atoms with Crippen LogP contribution in [0.3, 0.4) is 0 Å². The highest BCUT2D eigenvalue weighted by atomic mass is 35.5. The number of aromatic amines is 1. The number of fused-ring (bicyclic) bond motifs is 1. The van der Waals surface area contributed by atoms with Gasteiger partial charge in [-0.3, -0.25) is 24.0 Å². The number of benzene rings is 2. The number of carbonyl (C=O) groups is 5. The van der Waals surface area contributed by atoms with Crippen LogP contribution in [0.1, 0.15) is 96.1 Å². The van der Waals surface area contributed by atoms with Gasteiger partial charge < -0.3 is 35.4 Å². The van der Waals surface area contributed by atoms with E-state index in [1.54, 1.807) is 19.2 Å². The van der Waals surface area contributed by atoms with Crippen LogP contribution in [0, 0.1) is 11.8 Å². The molecule has 14 heteroatoms. The van der Waals surface area contributed by atoms with Gasteiger partial charge >= 0.3 is 0 Å². The van der Waals surface area contributed by atoms with Crippen LogP contribution >= 0.6 is 11.6 Å². The van der Waals surface area contributed by atoms with Crippen molar-refractivity contribution >= 4 is 57.6 Å². The van der Waals surface area contributed by atoms with E-state index < -0.39 is 47.2 Å². The van der Waals surface area contributed by atoms with Gasteiger partial charge in [0.15, 0.2) is 5.60 Å². The third kappa shape index (κ3) is 9.98. The molecule has 1 saturated carbocycles. The van der Waals surface area contributed by atoms with Crippen LogP contribution in [-0.2, 0) is 35.2 Å². The Balaban J connectivity index is 1.16. The molecule has 0 unspecified atom stereocenters. The van der Waals surface area contributed by atoms with E-state index in [0.29, 0.717) is 42.2 Å². The first-order chi connectivity index (χ1) is 27.4. The number of Topliss-reactive ketones (excluding diaryl/α,β-unsaturated/α-hetero) is 1. The number of ether oxygens (including phenoxy) is 1. The van der Waals surface area contributed by atoms with Gasteiger partial charge in [-0.25, -0.2) is 0 Å². The van der Waals surface area contributed by atoms with Crippen molar-refractivity contribution in [3.8, 4) is 5.75 Å². The minimum atomic E-state index is -1.12. The van der Waals surface area contributed by atoms with Gasteiger partial charge in [-0.2, -0.15) is 0 Å². The van der Waals surface area contributed by atoms with Gasteiger partial charge in [-0.1, -0.05) is 75.3 Å². The highest BCUT2D eigenvalue weighted by molar-refractivity contribution is 6.38. The minimum absolute atomic E-state index is 0.0335. The summed E-state index contributed by atoms with van der Waals surface area (Å²) in [6, 6.07) is 9.85. The molecule has 3 aromatic rings. The van der Waals surface area contributed by atoms with Crippen LogP contribution in [0.2, 0.25) is 5.02 Å². The number of likely N-dealkylation sites (tertiary alicyclic amines) is 1. The maximum Gasteiger partial charge on any atom is 0.289 e. The van der Waals surface area contributed by atoms with Crippen molar-refractivity contribution in [2.24, 2.45) is 17.0 Å². The number of amides is 4. The average Bonchev–Trinajstić information content (AvgIpc) is 3.93. The fourth-order valence-corrected chi connectivity index (χ4v) is 8.59. The zero-order valence-corrected chi connectivity index (χ0v) is 34.1. The molecule has 4 amide bonds. The Morgan fingerprint density at radius 1 is 1.07 bits per heavy atom. The number of H-pyrrole nitrogens is 1. The number of halogens is 1. The Kier molecular flexibility index (Phi) is 13.6. The summed E-state index contributed by atoms with van der Waals surface area (Å²) < 4.78 is 5.36. The molecular weight excluding hydrogens is 748 g/mol. The molecule has 3 aliphatic rings. The van der Waals surface area contributed by atoms with Crippen molar-refractivity contribution in [1.29, 1.82) is 0 Å². The first-order valence-corrected chi connectivity index (χ1v) is 20.6. The Labute approximate surface area is 339 Å². The monoisotopic (exact) mass is 802 g/mol. The highest BCUT2D eigenvalue weighted by Crippen LogP contribution is 2.40. The van der Waals surface area contributed by atoms with E-state index in [0.717, 1.165) is 47.7 Å². The van der Waals surface area contributed by atoms with E-state index in [2.05, 4.69) is 26.1 Å². The number of nitrogens with one attached hydrogen (secondary N) is 4. The molecule has 2 aliphatic heterocycles. The van der Waals surface area contributed by atoms with Gasteiger partial charge in [0.05, 0.1) is 25.4 Å². The molecule has 6 rings (SSSR count). The third-order valence-electron chi connectivity index (χ3n) is 11.5. The van der Waals surface area contributed by atoms with Crippen molar-refractivity contribution in [3.05, 3.63) is 64.8 Å². The van der Waals surface area contributed by atoms with Crippen molar-refractivity contribution in [1.82, 2.24) is 25.8 Å². The highest BCUT2D eigenvalue weighted by Gasteiger charge is 2.55. The summed E-state index contributed by atoms with van der Waals surface area (Å²) in [6.45, 7) is 5.82. The van der Waals surface area contributed by atoms with Gasteiger partial charge in [0.2, 0.25) is 23.5 Å². The summed E-state index contributed by atoms with van der Waals surface area (Å²) >= 11 is 6.28. The number of aromatic nitrogens is 1. The molecule has 3 heterocycles. The Morgan fingerprint density at radius 2 is 1.86 bits per heavy atom. The molecule has 57 heavy (non-hydrogen) atoms. The van der Waals surface area contributed by atoms with Crippen LogP contribution in [0.4, 0.5) is 0 Å². The summed E-state index contributed by atoms with van der Waals surface area (Å²) in [5, 5.41) is 14.4. The first-order valence-electron chi connectivity index (χ1n) is 20.3. The molecule has 0 radical (unpaired) electrons. The lowest BCUT2D eigenvalue weighted by Gasteiger charge is -2.31. The lowest BCUT2D eigenvalue weighted by molar-refractivity contribution is -0.144. The molecule has 4 atom stereocenters. The van der Waals surface area contributed by atoms with Crippen molar-refractivity contribution < 1.29 is 33.5 Å². The SMILES string of the molecule is CCC[C@H](NC(=O)[C@@H]1C[C@]2(CC(c3cccc(Cl)c3)=NO2)CN1C(=O)[C@@H](NC(=O)CC1CCCCC1)C(C)C)C(=O)C(=O)NCCc1c[nH]c2ccc(OC)cc12. The number of hydrogen-bond donors (Lipinski definition) is 4. The van der Waals surface area contributed by atoms with Gasteiger partial charge in [0.25, 0.3) is 5.91 Å². The summed E-state index contributed by atoms with van der Waals surface area (Å²) in [5.74, 6) is -2.03. The first kappa shape index (κ1) is 41.7. The minimum Gasteiger partial charge on any atom is -0.497 e. The van der Waals surface area contributed by atoms with Crippen molar-refractivity contribution in [2.45, 2.75) is 115 Å². The topological polar surface area (TPSA) is 171 Å². The van der Waals surface area contributed by atoms with Crippen LogP contribution in [0.15, 0.2) is 53.8 Å². The molecule has 1 aliphatic carbocycles. The second-order valence-electron chi connectivity index (χ2n) is 16.1. The summed E-state index contributed by atoms with van der Waals surface area (Å²) in [7, 11) is 1.60. The number of hydrogen-bond acceptors (Lipinski definition) is 8. The lowest BCUT2D eigenvalue weighted by Crippen LogP contribution is -2.57. The molecule has 4 N–H and O–H groups in total. The number of nitrogens with zero attached hydrogens (tertiary/aromatic N) is 2. The summed E-state index contributed by atoms with van der Waals surface area (Å²) in [4.78, 5) is 79.8.